The topological polar surface area (TPSA) is 57.8 Å². The van der Waals surface area contributed by atoms with Crippen LogP contribution in [0.15, 0.2) is 42.6 Å². The van der Waals surface area contributed by atoms with E-state index in [0.29, 0.717) is 11.6 Å². The maximum atomic E-state index is 11.1. The number of rotatable bonds is 3. The van der Waals surface area contributed by atoms with Crippen molar-refractivity contribution in [3.8, 4) is 10.4 Å². The van der Waals surface area contributed by atoms with Gasteiger partial charge in [0.2, 0.25) is 5.91 Å². The summed E-state index contributed by atoms with van der Waals surface area (Å²) in [6.07, 6.45) is 1.80. The monoisotopic (exact) mass is 355 g/mol. The first-order chi connectivity index (χ1) is 11.6. The summed E-state index contributed by atoms with van der Waals surface area (Å²) in [4.78, 5) is 20.9. The maximum absolute atomic E-state index is 11.1. The lowest BCUT2D eigenvalue weighted by atomic mass is 10.1. The van der Waals surface area contributed by atoms with Gasteiger partial charge in [-0.2, -0.15) is 0 Å². The molecule has 6 heteroatoms. The van der Waals surface area contributed by atoms with Crippen LogP contribution in [-0.2, 0) is 11.3 Å². The average Bonchev–Trinajstić information content (AvgIpc) is 3.14. The van der Waals surface area contributed by atoms with Gasteiger partial charge in [-0.3, -0.25) is 4.79 Å². The highest BCUT2D eigenvalue weighted by Crippen LogP contribution is 2.38. The summed E-state index contributed by atoms with van der Waals surface area (Å²) in [6.45, 7) is 1.98. The first-order valence-electron chi connectivity index (χ1n) is 7.51. The van der Waals surface area contributed by atoms with Crippen molar-refractivity contribution in [1.29, 1.82) is 0 Å². The minimum Gasteiger partial charge on any atom is -0.357 e. The van der Waals surface area contributed by atoms with Gasteiger partial charge < -0.3 is 10.3 Å². The Morgan fingerprint density at radius 2 is 2.17 bits per heavy atom. The van der Waals surface area contributed by atoms with Gasteiger partial charge in [0, 0.05) is 50.6 Å². The number of benzene rings is 1. The fourth-order valence-electron chi connectivity index (χ4n) is 2.72. The van der Waals surface area contributed by atoms with E-state index >= 15 is 0 Å². The summed E-state index contributed by atoms with van der Waals surface area (Å²) >= 11 is 8.13. The molecule has 3 heterocycles. The molecule has 0 spiro atoms. The minimum atomic E-state index is -0.0508. The number of fused-ring (bicyclic) bond motifs is 2. The number of aromatic amines is 1. The molecule has 1 amide bonds. The summed E-state index contributed by atoms with van der Waals surface area (Å²) < 4.78 is 0. The van der Waals surface area contributed by atoms with Crippen molar-refractivity contribution < 1.29 is 4.79 Å². The lowest BCUT2D eigenvalue weighted by Gasteiger charge is -2.01. The molecule has 0 aliphatic rings. The summed E-state index contributed by atoms with van der Waals surface area (Å²) in [5, 5.41) is 5.65. The number of hydrogen-bond donors (Lipinski definition) is 2. The third kappa shape index (κ3) is 2.77. The molecule has 0 unspecified atom stereocenters. The second-order valence-corrected chi connectivity index (χ2v) is 7.07. The van der Waals surface area contributed by atoms with E-state index in [1.807, 2.05) is 18.2 Å². The number of pyridine rings is 1. The van der Waals surface area contributed by atoms with E-state index < -0.39 is 0 Å². The number of nitrogens with one attached hydrogen (secondary N) is 2. The molecule has 24 heavy (non-hydrogen) atoms. The van der Waals surface area contributed by atoms with Crippen LogP contribution in [0.2, 0.25) is 5.02 Å². The fourth-order valence-corrected chi connectivity index (χ4v) is 4.08. The van der Waals surface area contributed by atoms with Crippen molar-refractivity contribution in [2.24, 2.45) is 0 Å². The molecule has 0 saturated carbocycles. The predicted octanol–water partition coefficient (Wildman–Crippen LogP) is 4.73. The van der Waals surface area contributed by atoms with Gasteiger partial charge in [-0.05, 0) is 30.3 Å². The standard InChI is InChI=1S/C18H14ClN3OS/c1-10(23)21-9-13-5-12-6-15(19)14(8-16(12)22-13)17-7-11-3-2-4-20-18(11)24-17/h2-8,22H,9H2,1H3,(H,21,23). The minimum absolute atomic E-state index is 0.0508. The first kappa shape index (κ1) is 15.2. The molecule has 1 aromatic carbocycles. The lowest BCUT2D eigenvalue weighted by molar-refractivity contribution is -0.119. The number of hydrogen-bond acceptors (Lipinski definition) is 3. The Bertz CT molecular complexity index is 1030. The second kappa shape index (κ2) is 5.92. The Morgan fingerprint density at radius 1 is 1.29 bits per heavy atom. The Hall–Kier alpha value is -2.37. The molecule has 0 atom stereocenters. The van der Waals surface area contributed by atoms with E-state index in [1.54, 1.807) is 17.5 Å². The maximum Gasteiger partial charge on any atom is 0.217 e. The van der Waals surface area contributed by atoms with Crippen LogP contribution in [0.4, 0.5) is 0 Å². The van der Waals surface area contributed by atoms with Gasteiger partial charge >= 0.3 is 0 Å². The van der Waals surface area contributed by atoms with Gasteiger partial charge in [0.15, 0.2) is 0 Å². The number of carbonyl (C=O) groups is 1. The van der Waals surface area contributed by atoms with E-state index in [2.05, 4.69) is 33.5 Å². The Balaban J connectivity index is 1.77. The van der Waals surface area contributed by atoms with Crippen LogP contribution in [0.5, 0.6) is 0 Å². The highest BCUT2D eigenvalue weighted by Gasteiger charge is 2.11. The van der Waals surface area contributed by atoms with Crippen molar-refractivity contribution in [3.63, 3.8) is 0 Å². The zero-order valence-corrected chi connectivity index (χ0v) is 14.5. The number of H-pyrrole nitrogens is 1. The van der Waals surface area contributed by atoms with E-state index in [9.17, 15) is 4.79 Å². The smallest absolute Gasteiger partial charge is 0.217 e. The van der Waals surface area contributed by atoms with Crippen molar-refractivity contribution in [3.05, 3.63) is 53.3 Å². The van der Waals surface area contributed by atoms with E-state index in [-0.39, 0.29) is 5.91 Å². The van der Waals surface area contributed by atoms with Crippen molar-refractivity contribution in [2.45, 2.75) is 13.5 Å². The molecule has 0 fully saturated rings. The number of amides is 1. The number of aromatic nitrogens is 2. The number of nitrogens with zero attached hydrogens (tertiary/aromatic N) is 1. The molecule has 0 radical (unpaired) electrons. The molecule has 0 aliphatic heterocycles. The summed E-state index contributed by atoms with van der Waals surface area (Å²) in [6, 6.07) is 12.1. The van der Waals surface area contributed by atoms with Crippen LogP contribution in [0, 0.1) is 0 Å². The van der Waals surface area contributed by atoms with Crippen molar-refractivity contribution in [1.82, 2.24) is 15.3 Å². The van der Waals surface area contributed by atoms with E-state index in [4.69, 9.17) is 11.6 Å². The molecule has 4 rings (SSSR count). The summed E-state index contributed by atoms with van der Waals surface area (Å²) in [7, 11) is 0. The highest BCUT2D eigenvalue weighted by atomic mass is 35.5. The quantitative estimate of drug-likeness (QED) is 0.558. The van der Waals surface area contributed by atoms with E-state index in [0.717, 1.165) is 37.3 Å². The molecule has 0 bridgehead atoms. The summed E-state index contributed by atoms with van der Waals surface area (Å²) in [5.74, 6) is -0.0508. The largest absolute Gasteiger partial charge is 0.357 e. The summed E-state index contributed by atoms with van der Waals surface area (Å²) in [5.41, 5.74) is 2.94. The Kier molecular flexibility index (Phi) is 3.75. The fraction of sp³-hybridized carbons (Fsp3) is 0.111. The molecule has 4 nitrogen and oxygen atoms in total. The normalized spacial score (nSPS) is 11.2. The molecule has 3 aromatic heterocycles. The zero-order valence-electron chi connectivity index (χ0n) is 12.9. The van der Waals surface area contributed by atoms with Crippen molar-refractivity contribution in [2.75, 3.05) is 0 Å². The Morgan fingerprint density at radius 3 is 2.96 bits per heavy atom. The van der Waals surface area contributed by atoms with Crippen LogP contribution in [0.3, 0.4) is 0 Å². The molecular formula is C18H14ClN3OS. The predicted molar refractivity (Wildman–Crippen MR) is 99.4 cm³/mol. The van der Waals surface area contributed by atoms with Crippen LogP contribution in [0.25, 0.3) is 31.6 Å². The van der Waals surface area contributed by atoms with Crippen molar-refractivity contribution >= 4 is 50.0 Å². The molecule has 4 aromatic rings. The highest BCUT2D eigenvalue weighted by molar-refractivity contribution is 7.21. The van der Waals surface area contributed by atoms with Crippen LogP contribution in [0.1, 0.15) is 12.6 Å². The van der Waals surface area contributed by atoms with Gasteiger partial charge in [-0.25, -0.2) is 4.98 Å². The third-order valence-electron chi connectivity index (χ3n) is 3.85. The molecule has 120 valence electrons. The van der Waals surface area contributed by atoms with Gasteiger partial charge in [-0.1, -0.05) is 17.7 Å². The molecule has 0 saturated heterocycles. The zero-order chi connectivity index (χ0) is 16.7. The van der Waals surface area contributed by atoms with Gasteiger partial charge in [0.25, 0.3) is 0 Å². The lowest BCUT2D eigenvalue weighted by Crippen LogP contribution is -2.18. The van der Waals surface area contributed by atoms with Crippen LogP contribution < -0.4 is 5.32 Å². The van der Waals surface area contributed by atoms with Gasteiger partial charge in [0.05, 0.1) is 6.54 Å². The molecule has 0 aliphatic carbocycles. The average molecular weight is 356 g/mol. The number of halogens is 1. The number of carbonyl (C=O) groups excluding carboxylic acids is 1. The van der Waals surface area contributed by atoms with E-state index in [1.165, 1.54) is 6.92 Å². The van der Waals surface area contributed by atoms with Gasteiger partial charge in [0.1, 0.15) is 4.83 Å². The van der Waals surface area contributed by atoms with Crippen LogP contribution >= 0.6 is 22.9 Å². The molecule has 2 N–H and O–H groups in total. The SMILES string of the molecule is CC(=O)NCc1cc2cc(Cl)c(-c3cc4cccnc4s3)cc2[nH]1. The first-order valence-corrected chi connectivity index (χ1v) is 8.70. The molecular weight excluding hydrogens is 342 g/mol. The second-order valence-electron chi connectivity index (χ2n) is 5.63. The van der Waals surface area contributed by atoms with Crippen LogP contribution in [-0.4, -0.2) is 15.9 Å². The Labute approximate surface area is 147 Å². The number of thiophene rings is 1. The third-order valence-corrected chi connectivity index (χ3v) is 5.26. The van der Waals surface area contributed by atoms with Gasteiger partial charge in [-0.15, -0.1) is 11.3 Å².